The first kappa shape index (κ1) is 16.2. The van der Waals surface area contributed by atoms with Crippen molar-refractivity contribution in [3.63, 3.8) is 0 Å². The van der Waals surface area contributed by atoms with E-state index in [-0.39, 0.29) is 11.8 Å². The lowest BCUT2D eigenvalue weighted by molar-refractivity contribution is -0.115. The molecular weight excluding hydrogens is 300 g/mol. The third-order valence-electron chi connectivity index (χ3n) is 4.33. The summed E-state index contributed by atoms with van der Waals surface area (Å²) in [6.45, 7) is 4.84. The Morgan fingerprint density at radius 2 is 1.92 bits per heavy atom. The monoisotopic (exact) mass is 322 g/mol. The van der Waals surface area contributed by atoms with Crippen LogP contribution in [0.1, 0.15) is 46.8 Å². The number of hydrogen-bond donors (Lipinski definition) is 2. The van der Waals surface area contributed by atoms with Crippen LogP contribution in [-0.2, 0) is 17.6 Å². The van der Waals surface area contributed by atoms with E-state index >= 15 is 0 Å². The van der Waals surface area contributed by atoms with Gasteiger partial charge in [0.05, 0.1) is 6.42 Å². The average Bonchev–Trinajstić information content (AvgIpc) is 2.94. The first-order valence-electron chi connectivity index (χ1n) is 8.33. The van der Waals surface area contributed by atoms with Crippen LogP contribution in [-0.4, -0.2) is 18.4 Å². The predicted octanol–water partition coefficient (Wildman–Crippen LogP) is 3.28. The normalized spacial score (nSPS) is 12.9. The van der Waals surface area contributed by atoms with E-state index in [0.717, 1.165) is 23.2 Å². The second-order valence-electron chi connectivity index (χ2n) is 6.50. The summed E-state index contributed by atoms with van der Waals surface area (Å²) < 4.78 is 0. The highest BCUT2D eigenvalue weighted by Gasteiger charge is 2.17. The van der Waals surface area contributed by atoms with E-state index in [2.05, 4.69) is 24.5 Å². The van der Waals surface area contributed by atoms with Gasteiger partial charge in [-0.25, -0.2) is 0 Å². The van der Waals surface area contributed by atoms with Crippen molar-refractivity contribution in [1.82, 2.24) is 5.32 Å². The third-order valence-corrected chi connectivity index (χ3v) is 4.33. The van der Waals surface area contributed by atoms with Gasteiger partial charge in [-0.1, -0.05) is 38.1 Å². The van der Waals surface area contributed by atoms with Crippen molar-refractivity contribution in [2.24, 2.45) is 0 Å². The van der Waals surface area contributed by atoms with Crippen LogP contribution in [0.4, 0.5) is 5.69 Å². The molecule has 24 heavy (non-hydrogen) atoms. The molecule has 0 fully saturated rings. The number of rotatable bonds is 5. The summed E-state index contributed by atoms with van der Waals surface area (Å²) in [6, 6.07) is 13.7. The molecule has 0 saturated carbocycles. The Labute approximate surface area is 142 Å². The van der Waals surface area contributed by atoms with E-state index in [1.807, 2.05) is 42.5 Å². The minimum absolute atomic E-state index is 0.0419. The molecule has 2 aromatic carbocycles. The summed E-state index contributed by atoms with van der Waals surface area (Å²) in [5, 5.41) is 5.78. The van der Waals surface area contributed by atoms with Crippen LogP contribution in [0.5, 0.6) is 0 Å². The molecule has 0 unspecified atom stereocenters. The largest absolute Gasteiger partial charge is 0.352 e. The van der Waals surface area contributed by atoms with E-state index in [9.17, 15) is 9.59 Å². The standard InChI is InChI=1S/C20H22N2O2/c1-13(2)15-4-6-16(7-5-15)20(24)21-10-9-14-3-8-18-17(11-14)12-19(23)22-18/h3-8,11,13H,9-10,12H2,1-2H3,(H,21,24)(H,22,23). The van der Waals surface area contributed by atoms with Gasteiger partial charge in [0.2, 0.25) is 5.91 Å². The van der Waals surface area contributed by atoms with Gasteiger partial charge in [-0.3, -0.25) is 9.59 Å². The van der Waals surface area contributed by atoms with Gasteiger partial charge in [0.1, 0.15) is 0 Å². The van der Waals surface area contributed by atoms with Crippen LogP contribution in [0, 0.1) is 0 Å². The molecule has 4 nitrogen and oxygen atoms in total. The number of hydrogen-bond acceptors (Lipinski definition) is 2. The van der Waals surface area contributed by atoms with Crippen molar-refractivity contribution in [2.45, 2.75) is 32.6 Å². The molecule has 0 spiro atoms. The minimum atomic E-state index is -0.0525. The van der Waals surface area contributed by atoms with Crippen molar-refractivity contribution in [3.05, 3.63) is 64.7 Å². The zero-order valence-corrected chi connectivity index (χ0v) is 14.1. The Bertz CT molecular complexity index is 764. The summed E-state index contributed by atoms with van der Waals surface area (Å²) in [6.07, 6.45) is 1.19. The number of carbonyl (C=O) groups excluding carboxylic acids is 2. The van der Waals surface area contributed by atoms with Crippen LogP contribution in [0.3, 0.4) is 0 Å². The topological polar surface area (TPSA) is 58.2 Å². The molecule has 2 N–H and O–H groups in total. The van der Waals surface area contributed by atoms with Gasteiger partial charge >= 0.3 is 0 Å². The van der Waals surface area contributed by atoms with Crippen molar-refractivity contribution < 1.29 is 9.59 Å². The van der Waals surface area contributed by atoms with E-state index in [1.165, 1.54) is 5.56 Å². The zero-order valence-electron chi connectivity index (χ0n) is 14.1. The van der Waals surface area contributed by atoms with Gasteiger partial charge in [0, 0.05) is 17.8 Å². The molecule has 124 valence electrons. The fraction of sp³-hybridized carbons (Fsp3) is 0.300. The zero-order chi connectivity index (χ0) is 17.1. The molecule has 0 aromatic heterocycles. The van der Waals surface area contributed by atoms with Crippen LogP contribution in [0.25, 0.3) is 0 Å². The molecule has 0 saturated heterocycles. The van der Waals surface area contributed by atoms with Crippen molar-refractivity contribution in [2.75, 3.05) is 11.9 Å². The van der Waals surface area contributed by atoms with Gasteiger partial charge in [-0.15, -0.1) is 0 Å². The molecule has 2 aromatic rings. The van der Waals surface area contributed by atoms with Crippen LogP contribution >= 0.6 is 0 Å². The molecule has 3 rings (SSSR count). The Balaban J connectivity index is 1.54. The predicted molar refractivity (Wildman–Crippen MR) is 95.3 cm³/mol. The summed E-state index contributed by atoms with van der Waals surface area (Å²) in [7, 11) is 0. The smallest absolute Gasteiger partial charge is 0.251 e. The molecule has 4 heteroatoms. The summed E-state index contributed by atoms with van der Waals surface area (Å²) in [4.78, 5) is 23.5. The number of benzene rings is 2. The lowest BCUT2D eigenvalue weighted by atomic mass is 10.0. The number of anilines is 1. The molecule has 0 radical (unpaired) electrons. The maximum Gasteiger partial charge on any atom is 0.251 e. The summed E-state index contributed by atoms with van der Waals surface area (Å²) in [5.41, 5.74) is 4.97. The Hall–Kier alpha value is -2.62. The molecule has 1 heterocycles. The Morgan fingerprint density at radius 3 is 2.62 bits per heavy atom. The maximum absolute atomic E-state index is 12.2. The molecule has 0 bridgehead atoms. The second kappa shape index (κ2) is 6.87. The van der Waals surface area contributed by atoms with E-state index in [0.29, 0.717) is 24.4 Å². The lowest BCUT2D eigenvalue weighted by Crippen LogP contribution is -2.25. The van der Waals surface area contributed by atoms with Crippen LogP contribution in [0.2, 0.25) is 0 Å². The van der Waals surface area contributed by atoms with Gasteiger partial charge in [0.15, 0.2) is 0 Å². The molecule has 0 atom stereocenters. The van der Waals surface area contributed by atoms with Crippen LogP contribution in [0.15, 0.2) is 42.5 Å². The Kier molecular flexibility index (Phi) is 4.65. The average molecular weight is 322 g/mol. The van der Waals surface area contributed by atoms with Crippen molar-refractivity contribution in [1.29, 1.82) is 0 Å². The van der Waals surface area contributed by atoms with Crippen LogP contribution < -0.4 is 10.6 Å². The van der Waals surface area contributed by atoms with Crippen molar-refractivity contribution in [3.8, 4) is 0 Å². The minimum Gasteiger partial charge on any atom is -0.352 e. The highest BCUT2D eigenvalue weighted by Crippen LogP contribution is 2.23. The van der Waals surface area contributed by atoms with E-state index in [4.69, 9.17) is 0 Å². The second-order valence-corrected chi connectivity index (χ2v) is 6.50. The number of nitrogens with one attached hydrogen (secondary N) is 2. The van der Waals surface area contributed by atoms with Gasteiger partial charge in [-0.05, 0) is 47.2 Å². The van der Waals surface area contributed by atoms with Crippen molar-refractivity contribution >= 4 is 17.5 Å². The number of fused-ring (bicyclic) bond motifs is 1. The fourth-order valence-electron chi connectivity index (χ4n) is 2.88. The highest BCUT2D eigenvalue weighted by molar-refractivity contribution is 5.99. The first-order chi connectivity index (χ1) is 11.5. The summed E-state index contributed by atoms with van der Waals surface area (Å²) >= 11 is 0. The Morgan fingerprint density at radius 1 is 1.17 bits per heavy atom. The molecule has 1 aliphatic heterocycles. The lowest BCUT2D eigenvalue weighted by Gasteiger charge is -2.09. The maximum atomic E-state index is 12.2. The van der Waals surface area contributed by atoms with Gasteiger partial charge in [0.25, 0.3) is 5.91 Å². The van der Waals surface area contributed by atoms with Gasteiger partial charge in [-0.2, -0.15) is 0 Å². The highest BCUT2D eigenvalue weighted by atomic mass is 16.2. The molecular formula is C20H22N2O2. The molecule has 2 amide bonds. The van der Waals surface area contributed by atoms with E-state index in [1.54, 1.807) is 0 Å². The molecule has 0 aliphatic carbocycles. The number of carbonyl (C=O) groups is 2. The summed E-state index contributed by atoms with van der Waals surface area (Å²) in [5.74, 6) is 0.451. The molecule has 1 aliphatic rings. The third kappa shape index (κ3) is 3.65. The SMILES string of the molecule is CC(C)c1ccc(C(=O)NCCc2ccc3c(c2)CC(=O)N3)cc1. The van der Waals surface area contributed by atoms with E-state index < -0.39 is 0 Å². The first-order valence-corrected chi connectivity index (χ1v) is 8.33. The fourth-order valence-corrected chi connectivity index (χ4v) is 2.88. The van der Waals surface area contributed by atoms with Gasteiger partial charge < -0.3 is 10.6 Å². The quantitative estimate of drug-likeness (QED) is 0.887. The number of amides is 2.